The fraction of sp³-hybridized carbons (Fsp3) is 0.312. The summed E-state index contributed by atoms with van der Waals surface area (Å²) in [6.07, 6.45) is -1.92. The highest BCUT2D eigenvalue weighted by Gasteiger charge is 2.35. The molecule has 0 aliphatic rings. The second-order valence-corrected chi connectivity index (χ2v) is 5.68. The third-order valence-corrected chi connectivity index (χ3v) is 3.51. The molecule has 2 N–H and O–H groups in total. The van der Waals surface area contributed by atoms with Crippen LogP contribution in [0.15, 0.2) is 30.6 Å². The molecule has 138 valence electrons. The van der Waals surface area contributed by atoms with Gasteiger partial charge in [0.2, 0.25) is 0 Å². The van der Waals surface area contributed by atoms with Gasteiger partial charge in [-0.1, -0.05) is 0 Å². The number of ether oxygens (including phenoxy) is 1. The summed E-state index contributed by atoms with van der Waals surface area (Å²) in [6.45, 7) is 0.954. The third kappa shape index (κ3) is 4.31. The van der Waals surface area contributed by atoms with E-state index in [9.17, 15) is 23.1 Å². The first-order chi connectivity index (χ1) is 12.1. The molecular formula is C16H15F3N4O3. The second-order valence-electron chi connectivity index (χ2n) is 5.68. The van der Waals surface area contributed by atoms with Crippen LogP contribution in [-0.4, -0.2) is 33.5 Å². The monoisotopic (exact) mass is 368 g/mol. The van der Waals surface area contributed by atoms with Crippen molar-refractivity contribution in [3.05, 3.63) is 41.7 Å². The van der Waals surface area contributed by atoms with E-state index in [2.05, 4.69) is 10.4 Å². The molecule has 0 saturated carbocycles. The number of carbonyl (C=O) groups excluding carboxylic acids is 1. The van der Waals surface area contributed by atoms with E-state index in [0.717, 1.165) is 12.1 Å². The molecule has 0 spiro atoms. The highest BCUT2D eigenvalue weighted by Crippen LogP contribution is 2.33. The Morgan fingerprint density at radius 2 is 2.15 bits per heavy atom. The van der Waals surface area contributed by atoms with E-state index in [1.165, 1.54) is 37.2 Å². The first kappa shape index (κ1) is 19.3. The van der Waals surface area contributed by atoms with Crippen LogP contribution in [0.3, 0.4) is 0 Å². The van der Waals surface area contributed by atoms with E-state index >= 15 is 0 Å². The van der Waals surface area contributed by atoms with Crippen molar-refractivity contribution in [2.45, 2.75) is 25.2 Å². The number of nitriles is 1. The largest absolute Gasteiger partial charge is 0.493 e. The number of aliphatic hydroxyl groups is 1. The molecule has 1 aromatic heterocycles. The van der Waals surface area contributed by atoms with Crippen LogP contribution in [0.2, 0.25) is 0 Å². The Morgan fingerprint density at radius 3 is 2.69 bits per heavy atom. The van der Waals surface area contributed by atoms with Gasteiger partial charge in [0.25, 0.3) is 5.91 Å². The Labute approximate surface area is 146 Å². The van der Waals surface area contributed by atoms with E-state index in [1.54, 1.807) is 0 Å². The first-order valence-electron chi connectivity index (χ1n) is 7.28. The zero-order valence-corrected chi connectivity index (χ0v) is 13.8. The van der Waals surface area contributed by atoms with Gasteiger partial charge in [-0.2, -0.15) is 23.5 Å². The van der Waals surface area contributed by atoms with Gasteiger partial charge in [0.05, 0.1) is 43.2 Å². The van der Waals surface area contributed by atoms with Crippen LogP contribution < -0.4 is 10.1 Å². The number of nitrogens with one attached hydrogen (secondary N) is 1. The molecule has 0 aliphatic carbocycles. The molecule has 1 aromatic carbocycles. The summed E-state index contributed by atoms with van der Waals surface area (Å²) in [5.74, 6) is -0.507. The number of hydrogen-bond acceptors (Lipinski definition) is 5. The second kappa shape index (κ2) is 7.05. The number of alkyl halides is 3. The van der Waals surface area contributed by atoms with Gasteiger partial charge in [-0.3, -0.25) is 9.48 Å². The normalized spacial score (nSPS) is 13.6. The maximum absolute atomic E-state index is 13.0. The molecule has 0 fully saturated rings. The minimum absolute atomic E-state index is 0.195. The molecule has 1 amide bonds. The summed E-state index contributed by atoms with van der Waals surface area (Å²) in [6, 6.07) is 4.19. The summed E-state index contributed by atoms with van der Waals surface area (Å²) in [5, 5.41) is 25.2. The third-order valence-electron chi connectivity index (χ3n) is 3.51. The number of benzene rings is 1. The van der Waals surface area contributed by atoms with E-state index in [-0.39, 0.29) is 12.2 Å². The SMILES string of the molecule is COc1cnn(C[C@](C)(O)C(=O)Nc2ccc(C#N)c(C(F)(F)F)c2)c1. The van der Waals surface area contributed by atoms with Crippen molar-refractivity contribution in [3.8, 4) is 11.8 Å². The summed E-state index contributed by atoms with van der Waals surface area (Å²) < 4.78 is 45.1. The number of carbonyl (C=O) groups is 1. The minimum Gasteiger partial charge on any atom is -0.493 e. The summed E-state index contributed by atoms with van der Waals surface area (Å²) in [5.41, 5.74) is -3.89. The first-order valence-corrected chi connectivity index (χ1v) is 7.28. The molecule has 1 heterocycles. The zero-order chi connectivity index (χ0) is 19.5. The molecule has 26 heavy (non-hydrogen) atoms. The lowest BCUT2D eigenvalue weighted by Crippen LogP contribution is -2.43. The van der Waals surface area contributed by atoms with Gasteiger partial charge in [0.1, 0.15) is 0 Å². The molecule has 2 rings (SSSR count). The van der Waals surface area contributed by atoms with E-state index in [4.69, 9.17) is 10.00 Å². The van der Waals surface area contributed by atoms with Crippen LogP contribution in [0.4, 0.5) is 18.9 Å². The van der Waals surface area contributed by atoms with Gasteiger partial charge in [-0.15, -0.1) is 0 Å². The van der Waals surface area contributed by atoms with Crippen molar-refractivity contribution in [2.75, 3.05) is 12.4 Å². The zero-order valence-electron chi connectivity index (χ0n) is 13.8. The highest BCUT2D eigenvalue weighted by atomic mass is 19.4. The predicted octanol–water partition coefficient (Wildman–Crippen LogP) is 2.17. The summed E-state index contributed by atoms with van der Waals surface area (Å²) in [4.78, 5) is 12.3. The van der Waals surface area contributed by atoms with Gasteiger partial charge in [-0.05, 0) is 25.1 Å². The lowest BCUT2D eigenvalue weighted by molar-refractivity contribution is -0.138. The average Bonchev–Trinajstić information content (AvgIpc) is 3.00. The molecule has 0 saturated heterocycles. The van der Waals surface area contributed by atoms with E-state index in [1.807, 2.05) is 0 Å². The Morgan fingerprint density at radius 1 is 1.46 bits per heavy atom. The number of amides is 1. The molecule has 7 nitrogen and oxygen atoms in total. The molecule has 10 heteroatoms. The molecule has 2 aromatic rings. The Balaban J connectivity index is 2.19. The van der Waals surface area contributed by atoms with Gasteiger partial charge in [0.15, 0.2) is 11.4 Å². The van der Waals surface area contributed by atoms with Crippen molar-refractivity contribution in [1.29, 1.82) is 5.26 Å². The molecule has 0 unspecified atom stereocenters. The molecule has 0 radical (unpaired) electrons. The van der Waals surface area contributed by atoms with Crippen molar-refractivity contribution < 1.29 is 27.8 Å². The number of rotatable bonds is 5. The van der Waals surface area contributed by atoms with Crippen LogP contribution in [0.25, 0.3) is 0 Å². The number of nitrogens with zero attached hydrogens (tertiary/aromatic N) is 3. The van der Waals surface area contributed by atoms with Crippen LogP contribution >= 0.6 is 0 Å². The van der Waals surface area contributed by atoms with Crippen LogP contribution in [0, 0.1) is 11.3 Å². The lowest BCUT2D eigenvalue weighted by atomic mass is 10.0. The lowest BCUT2D eigenvalue weighted by Gasteiger charge is -2.22. The van der Waals surface area contributed by atoms with Gasteiger partial charge in [-0.25, -0.2) is 0 Å². The van der Waals surface area contributed by atoms with Crippen molar-refractivity contribution in [3.63, 3.8) is 0 Å². The van der Waals surface area contributed by atoms with E-state index < -0.39 is 28.8 Å². The molecule has 0 bridgehead atoms. The Bertz CT molecular complexity index is 853. The number of halogens is 3. The van der Waals surface area contributed by atoms with Crippen molar-refractivity contribution >= 4 is 11.6 Å². The van der Waals surface area contributed by atoms with Crippen LogP contribution in [0.5, 0.6) is 5.75 Å². The molecule has 1 atom stereocenters. The maximum atomic E-state index is 13.0. The topological polar surface area (TPSA) is 100 Å². The Hall–Kier alpha value is -3.06. The number of anilines is 1. The number of hydrogen-bond donors (Lipinski definition) is 2. The molecule has 0 aliphatic heterocycles. The Kier molecular flexibility index (Phi) is 5.22. The summed E-state index contributed by atoms with van der Waals surface area (Å²) >= 11 is 0. The number of aromatic nitrogens is 2. The quantitative estimate of drug-likeness (QED) is 0.843. The molecular weight excluding hydrogens is 353 g/mol. The van der Waals surface area contributed by atoms with Crippen molar-refractivity contribution in [1.82, 2.24) is 9.78 Å². The fourth-order valence-corrected chi connectivity index (χ4v) is 2.14. The number of methoxy groups -OCH3 is 1. The summed E-state index contributed by atoms with van der Waals surface area (Å²) in [7, 11) is 1.43. The van der Waals surface area contributed by atoms with Crippen LogP contribution in [0.1, 0.15) is 18.1 Å². The smallest absolute Gasteiger partial charge is 0.417 e. The minimum atomic E-state index is -4.75. The highest BCUT2D eigenvalue weighted by molar-refractivity contribution is 5.96. The van der Waals surface area contributed by atoms with Crippen LogP contribution in [-0.2, 0) is 17.5 Å². The van der Waals surface area contributed by atoms with Gasteiger partial charge in [0, 0.05) is 5.69 Å². The fourth-order valence-electron chi connectivity index (χ4n) is 2.14. The predicted molar refractivity (Wildman–Crippen MR) is 84.2 cm³/mol. The van der Waals surface area contributed by atoms with Gasteiger partial charge >= 0.3 is 6.18 Å². The average molecular weight is 368 g/mol. The van der Waals surface area contributed by atoms with Crippen molar-refractivity contribution in [2.24, 2.45) is 0 Å². The maximum Gasteiger partial charge on any atom is 0.417 e. The van der Waals surface area contributed by atoms with Gasteiger partial charge < -0.3 is 15.2 Å². The van der Waals surface area contributed by atoms with E-state index in [0.29, 0.717) is 11.8 Å². The standard InChI is InChI=1S/C16H15F3N4O3/c1-15(25,9-23-8-12(26-2)7-21-23)14(24)22-11-4-3-10(6-20)13(5-11)16(17,18)19/h3-5,7-8,25H,9H2,1-2H3,(H,22,24)/t15-/m0/s1.